The lowest BCUT2D eigenvalue weighted by atomic mass is 9.87. The minimum Gasteiger partial charge on any atom is -0.461 e. The van der Waals surface area contributed by atoms with E-state index in [1.807, 2.05) is 39.8 Å². The van der Waals surface area contributed by atoms with E-state index in [2.05, 4.69) is 5.32 Å². The zero-order chi connectivity index (χ0) is 23.3. The Balaban J connectivity index is 2.23. The molecule has 0 aliphatic rings. The first kappa shape index (κ1) is 26.2. The fourth-order valence-electron chi connectivity index (χ4n) is 2.97. The van der Waals surface area contributed by atoms with E-state index in [4.69, 9.17) is 55.9 Å². The van der Waals surface area contributed by atoms with Gasteiger partial charge in [-0.1, -0.05) is 58.5 Å². The standard InChI is InChI=1S/C23H27Cl4NO3/c1-13(28-12-30-23(3,4)5)22(29)31-14(2)21(15-6-8-17(24)19(26)10-15)16-7-9-18(25)20(27)11-16/h6-11,13-14,21,28H,12H2,1-5H3/t13-,14-/m0/s1. The van der Waals surface area contributed by atoms with Crippen LogP contribution < -0.4 is 5.32 Å². The van der Waals surface area contributed by atoms with Gasteiger partial charge in [0.1, 0.15) is 12.1 Å². The summed E-state index contributed by atoms with van der Waals surface area (Å²) in [5.74, 6) is -0.721. The van der Waals surface area contributed by atoms with Gasteiger partial charge in [-0.2, -0.15) is 0 Å². The summed E-state index contributed by atoms with van der Waals surface area (Å²) in [5, 5.41) is 4.74. The van der Waals surface area contributed by atoms with Crippen LogP contribution in [0.25, 0.3) is 0 Å². The molecule has 0 aliphatic heterocycles. The summed E-state index contributed by atoms with van der Waals surface area (Å²) < 4.78 is 11.4. The molecule has 170 valence electrons. The molecule has 0 heterocycles. The first-order valence-corrected chi connectivity index (χ1v) is 11.4. The predicted molar refractivity (Wildman–Crippen MR) is 129 cm³/mol. The molecule has 0 amide bonds. The van der Waals surface area contributed by atoms with E-state index < -0.39 is 18.1 Å². The molecule has 0 aliphatic carbocycles. The molecule has 31 heavy (non-hydrogen) atoms. The molecule has 0 fully saturated rings. The number of benzene rings is 2. The molecule has 0 saturated carbocycles. The smallest absolute Gasteiger partial charge is 0.323 e. The van der Waals surface area contributed by atoms with E-state index in [9.17, 15) is 4.79 Å². The summed E-state index contributed by atoms with van der Waals surface area (Å²) >= 11 is 24.7. The van der Waals surface area contributed by atoms with E-state index in [-0.39, 0.29) is 18.2 Å². The van der Waals surface area contributed by atoms with Gasteiger partial charge in [0.15, 0.2) is 0 Å². The fourth-order valence-corrected chi connectivity index (χ4v) is 3.58. The molecule has 2 aromatic rings. The Morgan fingerprint density at radius 1 is 0.903 bits per heavy atom. The average Bonchev–Trinajstić information content (AvgIpc) is 2.66. The number of rotatable bonds is 8. The molecule has 0 aromatic heterocycles. The molecular formula is C23H27Cl4NO3. The largest absolute Gasteiger partial charge is 0.461 e. The Kier molecular flexibility index (Phi) is 9.50. The topological polar surface area (TPSA) is 47.6 Å². The maximum Gasteiger partial charge on any atom is 0.323 e. The van der Waals surface area contributed by atoms with E-state index in [1.165, 1.54) is 0 Å². The molecule has 8 heteroatoms. The van der Waals surface area contributed by atoms with Gasteiger partial charge in [-0.25, -0.2) is 0 Å². The molecular weight excluding hydrogens is 480 g/mol. The number of hydrogen-bond donors (Lipinski definition) is 1. The number of ether oxygens (including phenoxy) is 2. The third-order valence-corrected chi connectivity index (χ3v) is 6.10. The van der Waals surface area contributed by atoms with Crippen molar-refractivity contribution in [3.05, 3.63) is 67.6 Å². The van der Waals surface area contributed by atoms with Crippen LogP contribution >= 0.6 is 46.4 Å². The van der Waals surface area contributed by atoms with Crippen molar-refractivity contribution in [2.24, 2.45) is 0 Å². The summed E-state index contributed by atoms with van der Waals surface area (Å²) in [6.45, 7) is 9.62. The van der Waals surface area contributed by atoms with Crippen molar-refractivity contribution in [2.75, 3.05) is 6.73 Å². The van der Waals surface area contributed by atoms with Gasteiger partial charge in [0.2, 0.25) is 0 Å². The van der Waals surface area contributed by atoms with Gasteiger partial charge in [-0.15, -0.1) is 0 Å². The molecule has 2 rings (SSSR count). The number of halogens is 4. The molecule has 1 N–H and O–H groups in total. The van der Waals surface area contributed by atoms with Crippen LogP contribution in [0.3, 0.4) is 0 Å². The number of nitrogens with one attached hydrogen (secondary N) is 1. The first-order valence-electron chi connectivity index (χ1n) is 9.87. The minimum atomic E-state index is -0.548. The van der Waals surface area contributed by atoms with E-state index in [0.717, 1.165) is 11.1 Å². The third-order valence-electron chi connectivity index (χ3n) is 4.63. The fraction of sp³-hybridized carbons (Fsp3) is 0.435. The Morgan fingerprint density at radius 2 is 1.39 bits per heavy atom. The van der Waals surface area contributed by atoms with Crippen LogP contribution in [0.2, 0.25) is 20.1 Å². The van der Waals surface area contributed by atoms with E-state index in [0.29, 0.717) is 20.1 Å². The zero-order valence-electron chi connectivity index (χ0n) is 18.1. The number of carbonyl (C=O) groups excluding carboxylic acids is 1. The third kappa shape index (κ3) is 7.81. The van der Waals surface area contributed by atoms with Crippen LogP contribution in [0.4, 0.5) is 0 Å². The van der Waals surface area contributed by atoms with Crippen molar-refractivity contribution < 1.29 is 14.3 Å². The SMILES string of the molecule is C[C@H](NCOC(C)(C)C)C(=O)O[C@@H](C)C(c1ccc(Cl)c(Cl)c1)c1ccc(Cl)c(Cl)c1. The highest BCUT2D eigenvalue weighted by molar-refractivity contribution is 6.42. The number of esters is 1. The summed E-state index contributed by atoms with van der Waals surface area (Å²) in [6.07, 6.45) is -0.519. The lowest BCUT2D eigenvalue weighted by molar-refractivity contribution is -0.152. The summed E-state index contributed by atoms with van der Waals surface area (Å²) in [4.78, 5) is 12.7. The lowest BCUT2D eigenvalue weighted by Gasteiger charge is -2.27. The highest BCUT2D eigenvalue weighted by atomic mass is 35.5. The normalized spacial score (nSPS) is 13.9. The molecule has 0 unspecified atom stereocenters. The first-order chi connectivity index (χ1) is 14.4. The highest BCUT2D eigenvalue weighted by Crippen LogP contribution is 2.36. The van der Waals surface area contributed by atoms with Crippen molar-refractivity contribution in [1.82, 2.24) is 5.32 Å². The second-order valence-electron chi connectivity index (χ2n) is 8.29. The second kappa shape index (κ2) is 11.2. The van der Waals surface area contributed by atoms with E-state index >= 15 is 0 Å². The van der Waals surface area contributed by atoms with Gasteiger partial charge in [-0.3, -0.25) is 10.1 Å². The van der Waals surface area contributed by atoms with Crippen molar-refractivity contribution in [3.8, 4) is 0 Å². The van der Waals surface area contributed by atoms with Gasteiger partial charge in [0.05, 0.1) is 32.4 Å². The van der Waals surface area contributed by atoms with Gasteiger partial charge in [0.25, 0.3) is 0 Å². The van der Waals surface area contributed by atoms with Crippen molar-refractivity contribution in [1.29, 1.82) is 0 Å². The molecule has 0 bridgehead atoms. The van der Waals surface area contributed by atoms with Crippen LogP contribution in [-0.4, -0.2) is 30.4 Å². The maximum atomic E-state index is 12.7. The van der Waals surface area contributed by atoms with Gasteiger partial charge in [0, 0.05) is 5.92 Å². The molecule has 2 atom stereocenters. The lowest BCUT2D eigenvalue weighted by Crippen LogP contribution is -2.40. The number of hydrogen-bond acceptors (Lipinski definition) is 4. The summed E-state index contributed by atoms with van der Waals surface area (Å²) in [6, 6.07) is 10.1. The van der Waals surface area contributed by atoms with Gasteiger partial charge in [-0.05, 0) is 70.0 Å². The Bertz CT molecular complexity index is 863. The quantitative estimate of drug-likeness (QED) is 0.306. The summed E-state index contributed by atoms with van der Waals surface area (Å²) in [5.41, 5.74) is 1.37. The van der Waals surface area contributed by atoms with Crippen molar-refractivity contribution in [3.63, 3.8) is 0 Å². The van der Waals surface area contributed by atoms with Crippen molar-refractivity contribution in [2.45, 2.75) is 58.3 Å². The number of carbonyl (C=O) groups is 1. The van der Waals surface area contributed by atoms with Crippen LogP contribution in [-0.2, 0) is 14.3 Å². The van der Waals surface area contributed by atoms with E-state index in [1.54, 1.807) is 31.2 Å². The Hall–Kier alpha value is -1.01. The monoisotopic (exact) mass is 505 g/mol. The molecule has 4 nitrogen and oxygen atoms in total. The zero-order valence-corrected chi connectivity index (χ0v) is 21.2. The molecule has 0 radical (unpaired) electrons. The van der Waals surface area contributed by atoms with Crippen LogP contribution in [0, 0.1) is 0 Å². The molecule has 0 saturated heterocycles. The Labute approximate surface area is 204 Å². The van der Waals surface area contributed by atoms with Crippen LogP contribution in [0.5, 0.6) is 0 Å². The van der Waals surface area contributed by atoms with Gasteiger partial charge < -0.3 is 9.47 Å². The van der Waals surface area contributed by atoms with Crippen LogP contribution in [0.1, 0.15) is 51.7 Å². The average molecular weight is 507 g/mol. The Morgan fingerprint density at radius 3 is 1.81 bits per heavy atom. The van der Waals surface area contributed by atoms with Gasteiger partial charge >= 0.3 is 5.97 Å². The molecule has 2 aromatic carbocycles. The van der Waals surface area contributed by atoms with Crippen molar-refractivity contribution >= 4 is 52.4 Å². The predicted octanol–water partition coefficient (Wildman–Crippen LogP) is 7.11. The molecule has 0 spiro atoms. The van der Waals surface area contributed by atoms with Crippen LogP contribution in [0.15, 0.2) is 36.4 Å². The second-order valence-corrected chi connectivity index (χ2v) is 9.92. The summed E-state index contributed by atoms with van der Waals surface area (Å²) in [7, 11) is 0. The highest BCUT2D eigenvalue weighted by Gasteiger charge is 2.28. The minimum absolute atomic E-state index is 0.233. The maximum absolute atomic E-state index is 12.7.